The van der Waals surface area contributed by atoms with E-state index in [2.05, 4.69) is 25.3 Å². The minimum atomic E-state index is -4.77. The maximum atomic E-state index is 13.6. The standard InChI is InChI=1S/C19H16F8N4O3/c1-2-7-17(20,21)9-33-14-8-13(30-16(31-14)34-10-18(22,23)24)29-15(32)28-12-5-3-11(4-6-12)19(25,26)27/h2-8H,9-10H2,1H3,(H2,28,29,30,31,32)/b7-2+. The van der Waals surface area contributed by atoms with Crippen molar-refractivity contribution in [2.45, 2.75) is 25.2 Å². The van der Waals surface area contributed by atoms with Crippen LogP contribution in [-0.4, -0.2) is 41.3 Å². The van der Waals surface area contributed by atoms with Crippen LogP contribution in [0, 0.1) is 0 Å². The summed E-state index contributed by atoms with van der Waals surface area (Å²) in [5.41, 5.74) is -1.02. The zero-order valence-corrected chi connectivity index (χ0v) is 17.1. The number of hydrogen-bond donors (Lipinski definition) is 2. The van der Waals surface area contributed by atoms with E-state index in [0.29, 0.717) is 18.2 Å². The van der Waals surface area contributed by atoms with Crippen LogP contribution in [0.2, 0.25) is 0 Å². The van der Waals surface area contributed by atoms with E-state index in [0.717, 1.165) is 24.3 Å². The van der Waals surface area contributed by atoms with E-state index in [1.165, 1.54) is 6.92 Å². The molecule has 1 heterocycles. The minimum absolute atomic E-state index is 0.0597. The predicted octanol–water partition coefficient (Wildman–Crippen LogP) is 5.67. The molecule has 0 aliphatic rings. The summed E-state index contributed by atoms with van der Waals surface area (Å²) in [6, 6.07) is 2.16. The topological polar surface area (TPSA) is 85.4 Å². The number of nitrogens with one attached hydrogen (secondary N) is 2. The Morgan fingerprint density at radius 3 is 2.15 bits per heavy atom. The van der Waals surface area contributed by atoms with Crippen molar-refractivity contribution in [2.75, 3.05) is 23.8 Å². The van der Waals surface area contributed by atoms with Crippen LogP contribution in [0.1, 0.15) is 12.5 Å². The second-order valence-corrected chi connectivity index (χ2v) is 6.48. The lowest BCUT2D eigenvalue weighted by Gasteiger charge is -2.15. The van der Waals surface area contributed by atoms with Crippen LogP contribution in [0.5, 0.6) is 11.9 Å². The first kappa shape index (κ1) is 26.6. The molecule has 2 rings (SSSR count). The van der Waals surface area contributed by atoms with Crippen LogP contribution in [0.3, 0.4) is 0 Å². The highest BCUT2D eigenvalue weighted by Crippen LogP contribution is 2.30. The molecule has 2 N–H and O–H groups in total. The second-order valence-electron chi connectivity index (χ2n) is 6.48. The van der Waals surface area contributed by atoms with Gasteiger partial charge in [0.15, 0.2) is 13.2 Å². The Morgan fingerprint density at radius 2 is 1.59 bits per heavy atom. The van der Waals surface area contributed by atoms with Crippen molar-refractivity contribution in [3.8, 4) is 11.9 Å². The van der Waals surface area contributed by atoms with E-state index in [-0.39, 0.29) is 5.69 Å². The number of allylic oxidation sites excluding steroid dienone is 1. The summed E-state index contributed by atoms with van der Waals surface area (Å²) in [6.45, 7) is -1.72. The maximum absolute atomic E-state index is 13.6. The van der Waals surface area contributed by atoms with Crippen LogP contribution < -0.4 is 20.1 Å². The van der Waals surface area contributed by atoms with Gasteiger partial charge in [-0.2, -0.15) is 45.1 Å². The van der Waals surface area contributed by atoms with Crippen molar-refractivity contribution in [1.82, 2.24) is 9.97 Å². The van der Waals surface area contributed by atoms with Crippen LogP contribution in [0.4, 0.5) is 51.4 Å². The van der Waals surface area contributed by atoms with Crippen LogP contribution in [0.25, 0.3) is 0 Å². The number of ether oxygens (including phenoxy) is 2. The van der Waals surface area contributed by atoms with Crippen molar-refractivity contribution < 1.29 is 49.4 Å². The van der Waals surface area contributed by atoms with Gasteiger partial charge in [-0.15, -0.1) is 0 Å². The molecule has 0 bridgehead atoms. The molecule has 0 saturated carbocycles. The van der Waals surface area contributed by atoms with Crippen molar-refractivity contribution >= 4 is 17.5 Å². The molecule has 2 aromatic rings. The third kappa shape index (κ3) is 9.07. The Hall–Kier alpha value is -3.65. The highest BCUT2D eigenvalue weighted by Gasteiger charge is 2.31. The Balaban J connectivity index is 2.16. The molecule has 15 heteroatoms. The molecule has 1 aromatic carbocycles. The highest BCUT2D eigenvalue weighted by atomic mass is 19.4. The van der Waals surface area contributed by atoms with Crippen molar-refractivity contribution in [3.05, 3.63) is 48.0 Å². The van der Waals surface area contributed by atoms with Gasteiger partial charge in [0.1, 0.15) is 5.82 Å². The fourth-order valence-corrected chi connectivity index (χ4v) is 2.24. The van der Waals surface area contributed by atoms with Gasteiger partial charge in [0.2, 0.25) is 5.88 Å². The number of hydrogen-bond acceptors (Lipinski definition) is 5. The van der Waals surface area contributed by atoms with Crippen LogP contribution in [0.15, 0.2) is 42.5 Å². The fourth-order valence-electron chi connectivity index (χ4n) is 2.24. The first-order valence-corrected chi connectivity index (χ1v) is 9.15. The number of nitrogens with zero attached hydrogens (tertiary/aromatic N) is 2. The lowest BCUT2D eigenvalue weighted by atomic mass is 10.2. The second kappa shape index (κ2) is 10.5. The monoisotopic (exact) mass is 500 g/mol. The Morgan fingerprint density at radius 1 is 0.941 bits per heavy atom. The largest absolute Gasteiger partial charge is 0.471 e. The molecule has 0 unspecified atom stereocenters. The summed E-state index contributed by atoms with van der Waals surface area (Å²) in [5, 5.41) is 4.24. The number of benzene rings is 1. The summed E-state index contributed by atoms with van der Waals surface area (Å²) in [6.07, 6.45) is -7.78. The molecule has 0 aliphatic heterocycles. The first-order valence-electron chi connectivity index (χ1n) is 9.15. The summed E-state index contributed by atoms with van der Waals surface area (Å²) in [4.78, 5) is 19.1. The van der Waals surface area contributed by atoms with Gasteiger partial charge in [-0.25, -0.2) is 4.79 Å². The van der Waals surface area contributed by atoms with Gasteiger partial charge >= 0.3 is 24.4 Å². The number of anilines is 2. The Labute approximate surface area is 186 Å². The summed E-state index contributed by atoms with van der Waals surface area (Å²) >= 11 is 0. The summed E-state index contributed by atoms with van der Waals surface area (Å²) in [7, 11) is 0. The lowest BCUT2D eigenvalue weighted by Crippen LogP contribution is -2.24. The first-order chi connectivity index (χ1) is 15.7. The SMILES string of the molecule is C/C=C/C(F)(F)COc1cc(NC(=O)Nc2ccc(C(F)(F)F)cc2)nc(OCC(F)(F)F)n1. The molecule has 0 radical (unpaired) electrons. The van der Waals surface area contributed by atoms with Crippen molar-refractivity contribution in [2.24, 2.45) is 0 Å². The van der Waals surface area contributed by atoms with Gasteiger partial charge < -0.3 is 14.8 Å². The van der Waals surface area contributed by atoms with E-state index in [1.54, 1.807) is 0 Å². The number of rotatable bonds is 8. The number of carbonyl (C=O) groups excluding carboxylic acids is 1. The molecule has 0 atom stereocenters. The van der Waals surface area contributed by atoms with E-state index in [1.807, 2.05) is 0 Å². The average Bonchev–Trinajstić information content (AvgIpc) is 2.70. The quantitative estimate of drug-likeness (QED) is 0.361. The molecule has 186 valence electrons. The van der Waals surface area contributed by atoms with Crippen molar-refractivity contribution in [3.63, 3.8) is 0 Å². The summed E-state index contributed by atoms with van der Waals surface area (Å²) in [5.74, 6) is -4.57. The van der Waals surface area contributed by atoms with E-state index in [9.17, 15) is 39.9 Å². The number of aromatic nitrogens is 2. The van der Waals surface area contributed by atoms with E-state index in [4.69, 9.17) is 4.74 Å². The molecule has 0 aliphatic carbocycles. The normalized spacial score (nSPS) is 12.5. The fraction of sp³-hybridized carbons (Fsp3) is 0.316. The number of urea groups is 1. The van der Waals surface area contributed by atoms with Gasteiger partial charge in [-0.3, -0.25) is 5.32 Å². The molecule has 2 amide bonds. The van der Waals surface area contributed by atoms with Crippen LogP contribution >= 0.6 is 0 Å². The molecular formula is C19H16F8N4O3. The van der Waals surface area contributed by atoms with Crippen LogP contribution in [-0.2, 0) is 6.18 Å². The van der Waals surface area contributed by atoms with Gasteiger partial charge in [0, 0.05) is 11.8 Å². The highest BCUT2D eigenvalue weighted by molar-refractivity contribution is 5.99. The lowest BCUT2D eigenvalue weighted by molar-refractivity contribution is -0.154. The molecule has 0 fully saturated rings. The zero-order chi connectivity index (χ0) is 25.6. The minimum Gasteiger partial charge on any atom is -0.471 e. The molecular weight excluding hydrogens is 484 g/mol. The third-order valence-corrected chi connectivity index (χ3v) is 3.58. The van der Waals surface area contributed by atoms with Gasteiger partial charge in [0.25, 0.3) is 5.92 Å². The van der Waals surface area contributed by atoms with Gasteiger partial charge in [-0.1, -0.05) is 6.08 Å². The Bertz CT molecular complexity index is 1010. The van der Waals surface area contributed by atoms with E-state index < -0.39 is 60.8 Å². The number of carbonyl (C=O) groups is 1. The number of alkyl halides is 8. The predicted molar refractivity (Wildman–Crippen MR) is 103 cm³/mol. The number of halogens is 8. The maximum Gasteiger partial charge on any atom is 0.422 e. The molecule has 0 saturated heterocycles. The molecule has 1 aromatic heterocycles. The average molecular weight is 500 g/mol. The van der Waals surface area contributed by atoms with Gasteiger partial charge in [0.05, 0.1) is 5.56 Å². The third-order valence-electron chi connectivity index (χ3n) is 3.58. The molecule has 7 nitrogen and oxygen atoms in total. The van der Waals surface area contributed by atoms with Gasteiger partial charge in [-0.05, 0) is 37.3 Å². The summed E-state index contributed by atoms with van der Waals surface area (Å²) < 4.78 is 111. The van der Waals surface area contributed by atoms with E-state index >= 15 is 0 Å². The number of amides is 2. The molecule has 0 spiro atoms. The van der Waals surface area contributed by atoms with Crippen molar-refractivity contribution in [1.29, 1.82) is 0 Å². The smallest absolute Gasteiger partial charge is 0.422 e. The Kier molecular flexibility index (Phi) is 8.23. The zero-order valence-electron chi connectivity index (χ0n) is 17.1. The molecule has 34 heavy (non-hydrogen) atoms.